The minimum absolute atomic E-state index is 0.0714. The van der Waals surface area contributed by atoms with Crippen molar-refractivity contribution in [1.29, 1.82) is 0 Å². The number of nitrogens with one attached hydrogen (secondary N) is 1. The van der Waals surface area contributed by atoms with Crippen molar-refractivity contribution in [3.8, 4) is 11.5 Å². The van der Waals surface area contributed by atoms with Crippen molar-refractivity contribution in [3.63, 3.8) is 0 Å². The molecule has 0 spiro atoms. The maximum atomic E-state index is 13.9. The number of para-hydroxylation sites is 1. The molecule has 0 saturated heterocycles. The summed E-state index contributed by atoms with van der Waals surface area (Å²) in [5.41, 5.74) is 2.30. The van der Waals surface area contributed by atoms with Gasteiger partial charge < -0.3 is 14.8 Å². The van der Waals surface area contributed by atoms with Crippen LogP contribution in [0, 0.1) is 6.92 Å². The third-order valence-corrected chi connectivity index (χ3v) is 7.69. The molecule has 0 heterocycles. The molecule has 0 aliphatic rings. The van der Waals surface area contributed by atoms with Gasteiger partial charge in [-0.3, -0.25) is 9.10 Å². The quantitative estimate of drug-likeness (QED) is 0.269. The lowest BCUT2D eigenvalue weighted by Crippen LogP contribution is -2.34. The number of methoxy groups -OCH3 is 1. The van der Waals surface area contributed by atoms with Gasteiger partial charge in [0.2, 0.25) is 0 Å². The highest BCUT2D eigenvalue weighted by atomic mass is 32.2. The molecule has 8 heteroatoms. The fraction of sp³-hybridized carbons (Fsp3) is 0.167. The van der Waals surface area contributed by atoms with Crippen LogP contribution in [0.3, 0.4) is 0 Å². The molecule has 4 rings (SSSR count). The van der Waals surface area contributed by atoms with Crippen LogP contribution in [0.5, 0.6) is 11.5 Å². The van der Waals surface area contributed by atoms with Gasteiger partial charge in [0, 0.05) is 0 Å². The fourth-order valence-electron chi connectivity index (χ4n) is 3.87. The van der Waals surface area contributed by atoms with Gasteiger partial charge in [0.05, 0.1) is 36.3 Å². The molecule has 1 N–H and O–H groups in total. The Morgan fingerprint density at radius 3 is 2.13 bits per heavy atom. The number of carbonyl (C=O) groups is 1. The molecule has 4 aromatic rings. The van der Waals surface area contributed by atoms with E-state index in [2.05, 4.69) is 5.32 Å². The predicted octanol–water partition coefficient (Wildman–Crippen LogP) is 5.21. The van der Waals surface area contributed by atoms with Gasteiger partial charge in [-0.25, -0.2) is 8.42 Å². The molecule has 0 bridgehead atoms. The SMILES string of the molecule is COc1ccc(OCCNC(=O)c2ccccc2N(Cc2ccccc2)S(=O)(=O)c2ccc(C)cc2)cc1. The third-order valence-electron chi connectivity index (χ3n) is 5.91. The molecule has 0 saturated carbocycles. The lowest BCUT2D eigenvalue weighted by Gasteiger charge is -2.26. The number of hydrogen-bond acceptors (Lipinski definition) is 5. The van der Waals surface area contributed by atoms with Crippen LogP contribution in [-0.4, -0.2) is 34.6 Å². The lowest BCUT2D eigenvalue weighted by atomic mass is 10.1. The van der Waals surface area contributed by atoms with Crippen LogP contribution in [0.1, 0.15) is 21.5 Å². The predicted molar refractivity (Wildman–Crippen MR) is 148 cm³/mol. The fourth-order valence-corrected chi connectivity index (χ4v) is 5.34. The lowest BCUT2D eigenvalue weighted by molar-refractivity contribution is 0.0947. The molecular weight excluding hydrogens is 500 g/mol. The first kappa shape index (κ1) is 26.8. The second-order valence-electron chi connectivity index (χ2n) is 8.61. The summed E-state index contributed by atoms with van der Waals surface area (Å²) in [6, 6.07) is 29.8. The van der Waals surface area contributed by atoms with Gasteiger partial charge in [0.15, 0.2) is 0 Å². The Morgan fingerprint density at radius 2 is 1.45 bits per heavy atom. The number of ether oxygens (including phenoxy) is 2. The van der Waals surface area contributed by atoms with Gasteiger partial charge in [-0.15, -0.1) is 0 Å². The molecule has 1 amide bonds. The Hall–Kier alpha value is -4.30. The van der Waals surface area contributed by atoms with E-state index in [1.54, 1.807) is 79.9 Å². The summed E-state index contributed by atoms with van der Waals surface area (Å²) in [6.07, 6.45) is 0. The van der Waals surface area contributed by atoms with Gasteiger partial charge in [0.25, 0.3) is 15.9 Å². The number of amides is 1. The smallest absolute Gasteiger partial charge is 0.264 e. The minimum atomic E-state index is -3.97. The van der Waals surface area contributed by atoms with Crippen molar-refractivity contribution in [3.05, 3.63) is 120 Å². The zero-order chi connectivity index (χ0) is 27.0. The number of hydrogen-bond donors (Lipinski definition) is 1. The monoisotopic (exact) mass is 530 g/mol. The molecule has 196 valence electrons. The van der Waals surface area contributed by atoms with Crippen LogP contribution >= 0.6 is 0 Å². The maximum absolute atomic E-state index is 13.9. The van der Waals surface area contributed by atoms with Crippen molar-refractivity contribution in [1.82, 2.24) is 5.32 Å². The maximum Gasteiger partial charge on any atom is 0.264 e. The van der Waals surface area contributed by atoms with E-state index in [9.17, 15) is 13.2 Å². The molecule has 0 aliphatic heterocycles. The summed E-state index contributed by atoms with van der Waals surface area (Å²) in [5, 5.41) is 2.84. The number of benzene rings is 4. The average molecular weight is 531 g/mol. The average Bonchev–Trinajstić information content (AvgIpc) is 2.95. The van der Waals surface area contributed by atoms with E-state index in [0.717, 1.165) is 16.9 Å². The Labute approximate surface area is 223 Å². The normalized spacial score (nSPS) is 11.0. The van der Waals surface area contributed by atoms with Crippen LogP contribution in [-0.2, 0) is 16.6 Å². The Bertz CT molecular complexity index is 1460. The van der Waals surface area contributed by atoms with E-state index >= 15 is 0 Å². The molecule has 0 aromatic heterocycles. The van der Waals surface area contributed by atoms with Crippen molar-refractivity contribution in [2.75, 3.05) is 24.6 Å². The summed E-state index contributed by atoms with van der Waals surface area (Å²) in [4.78, 5) is 13.4. The summed E-state index contributed by atoms with van der Waals surface area (Å²) in [5.74, 6) is 0.984. The highest BCUT2D eigenvalue weighted by Gasteiger charge is 2.28. The van der Waals surface area contributed by atoms with E-state index in [-0.39, 0.29) is 30.2 Å². The van der Waals surface area contributed by atoms with E-state index < -0.39 is 15.9 Å². The van der Waals surface area contributed by atoms with Crippen LogP contribution in [0.15, 0.2) is 108 Å². The van der Waals surface area contributed by atoms with E-state index in [4.69, 9.17) is 9.47 Å². The Balaban J connectivity index is 1.56. The van der Waals surface area contributed by atoms with Crippen molar-refractivity contribution >= 4 is 21.6 Å². The number of carbonyl (C=O) groups excluding carboxylic acids is 1. The zero-order valence-corrected chi connectivity index (χ0v) is 22.1. The molecule has 4 aromatic carbocycles. The topological polar surface area (TPSA) is 84.9 Å². The number of aryl methyl sites for hydroxylation is 1. The standard InChI is InChI=1S/C30H30N2O5S/c1-23-12-18-27(19-13-23)38(34,35)32(22-24-8-4-3-5-9-24)29-11-7-6-10-28(29)30(33)31-20-21-37-26-16-14-25(36-2)15-17-26/h3-19H,20-22H2,1-2H3,(H,31,33). The number of anilines is 1. The highest BCUT2D eigenvalue weighted by Crippen LogP contribution is 2.29. The van der Waals surface area contributed by atoms with E-state index in [0.29, 0.717) is 11.4 Å². The molecule has 0 atom stereocenters. The first-order valence-corrected chi connectivity index (χ1v) is 13.6. The van der Waals surface area contributed by atoms with Crippen LogP contribution in [0.2, 0.25) is 0 Å². The number of nitrogens with zero attached hydrogens (tertiary/aromatic N) is 1. The van der Waals surface area contributed by atoms with Crippen molar-refractivity contribution < 1.29 is 22.7 Å². The molecule has 38 heavy (non-hydrogen) atoms. The number of sulfonamides is 1. The van der Waals surface area contributed by atoms with Crippen molar-refractivity contribution in [2.45, 2.75) is 18.4 Å². The Kier molecular flexibility index (Phi) is 8.66. The van der Waals surface area contributed by atoms with E-state index in [1.165, 1.54) is 4.31 Å². The molecule has 7 nitrogen and oxygen atoms in total. The van der Waals surface area contributed by atoms with Crippen LogP contribution in [0.4, 0.5) is 5.69 Å². The second-order valence-corrected chi connectivity index (χ2v) is 10.5. The minimum Gasteiger partial charge on any atom is -0.497 e. The molecule has 0 radical (unpaired) electrons. The van der Waals surface area contributed by atoms with Gasteiger partial charge in [-0.05, 0) is 61.0 Å². The summed E-state index contributed by atoms with van der Waals surface area (Å²) in [6.45, 7) is 2.45. The van der Waals surface area contributed by atoms with E-state index in [1.807, 2.05) is 37.3 Å². The first-order valence-electron chi connectivity index (χ1n) is 12.2. The van der Waals surface area contributed by atoms with Gasteiger partial charge in [-0.2, -0.15) is 0 Å². The largest absolute Gasteiger partial charge is 0.497 e. The van der Waals surface area contributed by atoms with Crippen molar-refractivity contribution in [2.24, 2.45) is 0 Å². The molecule has 0 aliphatic carbocycles. The summed E-state index contributed by atoms with van der Waals surface area (Å²) < 4.78 is 39.8. The second kappa shape index (κ2) is 12.3. The highest BCUT2D eigenvalue weighted by molar-refractivity contribution is 7.92. The first-order chi connectivity index (χ1) is 18.4. The molecular formula is C30H30N2O5S. The van der Waals surface area contributed by atoms with Gasteiger partial charge in [-0.1, -0.05) is 60.2 Å². The molecule has 0 fully saturated rings. The molecule has 0 unspecified atom stereocenters. The zero-order valence-electron chi connectivity index (χ0n) is 21.3. The van der Waals surface area contributed by atoms with Gasteiger partial charge >= 0.3 is 0 Å². The number of rotatable bonds is 11. The third kappa shape index (κ3) is 6.52. The van der Waals surface area contributed by atoms with Crippen LogP contribution < -0.4 is 19.1 Å². The Morgan fingerprint density at radius 1 is 0.816 bits per heavy atom. The summed E-state index contributed by atoms with van der Waals surface area (Å²) >= 11 is 0. The van der Waals surface area contributed by atoms with Crippen LogP contribution in [0.25, 0.3) is 0 Å². The summed E-state index contributed by atoms with van der Waals surface area (Å²) in [7, 11) is -2.38. The van der Waals surface area contributed by atoms with Gasteiger partial charge in [0.1, 0.15) is 18.1 Å².